The van der Waals surface area contributed by atoms with Crippen LogP contribution in [-0.4, -0.2) is 58.3 Å². The maximum atomic E-state index is 12.8. The third-order valence-corrected chi connectivity index (χ3v) is 6.30. The highest BCUT2D eigenvalue weighted by Crippen LogP contribution is 2.34. The summed E-state index contributed by atoms with van der Waals surface area (Å²) in [6.07, 6.45) is 8.03. The average Bonchev–Trinajstić information content (AvgIpc) is 3.19. The number of aryl methyl sites for hydroxylation is 1. The lowest BCUT2D eigenvalue weighted by Crippen LogP contribution is -2.50. The van der Waals surface area contributed by atoms with Gasteiger partial charge >= 0.3 is 0 Å². The Balaban J connectivity index is 1.49. The van der Waals surface area contributed by atoms with Gasteiger partial charge in [-0.15, -0.1) is 0 Å². The van der Waals surface area contributed by atoms with Gasteiger partial charge in [-0.25, -0.2) is 4.98 Å². The molecule has 1 aromatic heterocycles. The maximum absolute atomic E-state index is 12.8. The van der Waals surface area contributed by atoms with Gasteiger partial charge in [0.25, 0.3) is 5.91 Å². The van der Waals surface area contributed by atoms with Gasteiger partial charge in [-0.3, -0.25) is 10.2 Å². The van der Waals surface area contributed by atoms with E-state index in [0.29, 0.717) is 17.6 Å². The van der Waals surface area contributed by atoms with Crippen molar-refractivity contribution < 1.29 is 4.79 Å². The highest BCUT2D eigenvalue weighted by atomic mass is 16.1. The number of carbonyl (C=O) groups excluding carboxylic acids is 1. The zero-order valence-corrected chi connectivity index (χ0v) is 16.7. The molecule has 0 spiro atoms. The standard InChI is InChI=1S/C21H28N6O/c1-23-18-10-13(20-24-8-9-26(20)2)4-7-17(18)19(22)21(28)25-14-11-15-5-6-16(12-14)27(15)3/h4,7-10,14-16,22-23H,5-6,11-12H2,1-3H3,(H,25,28). The van der Waals surface area contributed by atoms with E-state index in [4.69, 9.17) is 5.41 Å². The van der Waals surface area contributed by atoms with E-state index in [0.717, 1.165) is 29.9 Å². The van der Waals surface area contributed by atoms with Crippen LogP contribution in [0.5, 0.6) is 0 Å². The first-order valence-electron chi connectivity index (χ1n) is 9.89. The van der Waals surface area contributed by atoms with Gasteiger partial charge < -0.3 is 20.1 Å². The third kappa shape index (κ3) is 3.30. The number of rotatable bonds is 5. The molecule has 7 heteroatoms. The summed E-state index contributed by atoms with van der Waals surface area (Å²) in [5.41, 5.74) is 2.31. The summed E-state index contributed by atoms with van der Waals surface area (Å²) >= 11 is 0. The topological polar surface area (TPSA) is 86.0 Å². The number of fused-ring (bicyclic) bond motifs is 2. The molecule has 148 valence electrons. The molecule has 1 aromatic carbocycles. The molecule has 0 radical (unpaired) electrons. The van der Waals surface area contributed by atoms with Crippen LogP contribution in [0.1, 0.15) is 31.2 Å². The molecular formula is C21H28N6O. The lowest BCUT2D eigenvalue weighted by Gasteiger charge is -2.36. The largest absolute Gasteiger partial charge is 0.388 e. The van der Waals surface area contributed by atoms with Crippen molar-refractivity contribution in [2.24, 2.45) is 7.05 Å². The van der Waals surface area contributed by atoms with E-state index < -0.39 is 0 Å². The minimum atomic E-state index is -0.296. The number of hydrogen-bond donors (Lipinski definition) is 3. The Morgan fingerprint density at radius 1 is 1.21 bits per heavy atom. The Kier molecular flexibility index (Phi) is 4.93. The summed E-state index contributed by atoms with van der Waals surface area (Å²) in [5.74, 6) is 0.552. The van der Waals surface area contributed by atoms with Crippen molar-refractivity contribution in [1.29, 1.82) is 5.41 Å². The second-order valence-corrected chi connectivity index (χ2v) is 7.94. The van der Waals surface area contributed by atoms with Crippen LogP contribution in [0, 0.1) is 5.41 Å². The zero-order chi connectivity index (χ0) is 19.8. The fourth-order valence-corrected chi connectivity index (χ4v) is 4.66. The normalized spacial score (nSPS) is 24.2. The minimum absolute atomic E-state index is 0.00187. The van der Waals surface area contributed by atoms with E-state index in [1.807, 2.05) is 36.0 Å². The molecule has 2 aliphatic rings. The van der Waals surface area contributed by atoms with Crippen LogP contribution in [0.4, 0.5) is 5.69 Å². The van der Waals surface area contributed by atoms with Crippen molar-refractivity contribution in [3.63, 3.8) is 0 Å². The molecule has 2 aromatic rings. The minimum Gasteiger partial charge on any atom is -0.388 e. The number of nitrogens with zero attached hydrogens (tertiary/aromatic N) is 3. The molecule has 2 aliphatic heterocycles. The van der Waals surface area contributed by atoms with Crippen LogP contribution in [0.25, 0.3) is 11.4 Å². The number of anilines is 1. The lowest BCUT2D eigenvalue weighted by atomic mass is 9.97. The molecule has 4 rings (SSSR count). The predicted octanol–water partition coefficient (Wildman–Crippen LogP) is 2.24. The van der Waals surface area contributed by atoms with Crippen LogP contribution in [0.2, 0.25) is 0 Å². The summed E-state index contributed by atoms with van der Waals surface area (Å²) in [4.78, 5) is 19.6. The van der Waals surface area contributed by atoms with Crippen molar-refractivity contribution in [3.8, 4) is 11.4 Å². The van der Waals surface area contributed by atoms with Crippen molar-refractivity contribution in [3.05, 3.63) is 36.2 Å². The first-order chi connectivity index (χ1) is 13.5. The van der Waals surface area contributed by atoms with Crippen LogP contribution in [0.15, 0.2) is 30.6 Å². The van der Waals surface area contributed by atoms with Crippen LogP contribution in [-0.2, 0) is 11.8 Å². The molecule has 1 amide bonds. The second-order valence-electron chi connectivity index (χ2n) is 7.94. The first-order valence-corrected chi connectivity index (χ1v) is 9.89. The highest BCUT2D eigenvalue weighted by Gasteiger charge is 2.39. The molecule has 2 unspecified atom stereocenters. The Labute approximate surface area is 165 Å². The van der Waals surface area contributed by atoms with Gasteiger partial charge in [-0.2, -0.15) is 0 Å². The second kappa shape index (κ2) is 7.39. The number of benzene rings is 1. The number of hydrogen-bond acceptors (Lipinski definition) is 5. The lowest BCUT2D eigenvalue weighted by molar-refractivity contribution is -0.115. The molecule has 2 bridgehead atoms. The molecular weight excluding hydrogens is 352 g/mol. The Morgan fingerprint density at radius 3 is 2.54 bits per heavy atom. The SMILES string of the molecule is CNc1cc(-c2nccn2C)ccc1C(=N)C(=O)NC1CC2CCC(C1)N2C. The molecule has 2 atom stereocenters. The summed E-state index contributed by atoms with van der Waals surface area (Å²) in [5, 5.41) is 14.7. The number of imidazole rings is 1. The monoisotopic (exact) mass is 380 g/mol. The number of amides is 1. The first kappa shape index (κ1) is 18.7. The fourth-order valence-electron chi connectivity index (χ4n) is 4.66. The van der Waals surface area contributed by atoms with Crippen molar-refractivity contribution in [1.82, 2.24) is 19.8 Å². The van der Waals surface area contributed by atoms with Gasteiger partial charge in [-0.05, 0) is 44.9 Å². The van der Waals surface area contributed by atoms with Gasteiger partial charge in [0.15, 0.2) is 0 Å². The number of piperidine rings is 1. The van der Waals surface area contributed by atoms with Crippen LogP contribution >= 0.6 is 0 Å². The van der Waals surface area contributed by atoms with Gasteiger partial charge in [-0.1, -0.05) is 6.07 Å². The van der Waals surface area contributed by atoms with Crippen LogP contribution in [0.3, 0.4) is 0 Å². The number of aromatic nitrogens is 2. The van der Waals surface area contributed by atoms with Crippen molar-refractivity contribution in [2.75, 3.05) is 19.4 Å². The molecule has 0 saturated carbocycles. The summed E-state index contributed by atoms with van der Waals surface area (Å²) in [6.45, 7) is 0. The van der Waals surface area contributed by atoms with E-state index in [-0.39, 0.29) is 17.7 Å². The number of carbonyl (C=O) groups is 1. The predicted molar refractivity (Wildman–Crippen MR) is 111 cm³/mol. The number of nitrogens with one attached hydrogen (secondary N) is 3. The third-order valence-electron chi connectivity index (χ3n) is 6.30. The van der Waals surface area contributed by atoms with E-state index in [2.05, 4.69) is 27.6 Å². The molecule has 28 heavy (non-hydrogen) atoms. The molecule has 7 nitrogen and oxygen atoms in total. The molecule has 3 N–H and O–H groups in total. The summed E-state index contributed by atoms with van der Waals surface area (Å²) < 4.78 is 1.95. The van der Waals surface area contributed by atoms with Gasteiger partial charge in [0.1, 0.15) is 11.5 Å². The Morgan fingerprint density at radius 2 is 1.93 bits per heavy atom. The molecule has 3 heterocycles. The smallest absolute Gasteiger partial charge is 0.270 e. The Hall–Kier alpha value is -2.67. The van der Waals surface area contributed by atoms with Gasteiger partial charge in [0.05, 0.1) is 0 Å². The Bertz CT molecular complexity index is 890. The van der Waals surface area contributed by atoms with Gasteiger partial charge in [0, 0.05) is 61.4 Å². The van der Waals surface area contributed by atoms with E-state index >= 15 is 0 Å². The maximum Gasteiger partial charge on any atom is 0.270 e. The quantitative estimate of drug-likeness (QED) is 0.695. The molecule has 0 aliphatic carbocycles. The van der Waals surface area contributed by atoms with Gasteiger partial charge in [0.2, 0.25) is 0 Å². The van der Waals surface area contributed by atoms with Crippen molar-refractivity contribution in [2.45, 2.75) is 43.8 Å². The van der Waals surface area contributed by atoms with Crippen molar-refractivity contribution >= 4 is 17.3 Å². The van der Waals surface area contributed by atoms with E-state index in [1.165, 1.54) is 12.8 Å². The molecule has 2 saturated heterocycles. The average molecular weight is 380 g/mol. The van der Waals surface area contributed by atoms with Crippen LogP contribution < -0.4 is 10.6 Å². The summed E-state index contributed by atoms with van der Waals surface area (Å²) in [6, 6.07) is 6.96. The summed E-state index contributed by atoms with van der Waals surface area (Å²) in [7, 11) is 5.94. The highest BCUT2D eigenvalue weighted by molar-refractivity contribution is 6.45. The zero-order valence-electron chi connectivity index (χ0n) is 16.7. The van der Waals surface area contributed by atoms with E-state index in [1.54, 1.807) is 13.2 Å². The fraction of sp³-hybridized carbons (Fsp3) is 0.476. The molecule has 2 fully saturated rings. The van der Waals surface area contributed by atoms with E-state index in [9.17, 15) is 4.79 Å².